The molecule has 5 nitrogen and oxygen atoms in total. The Morgan fingerprint density at radius 1 is 1.53 bits per heavy atom. The predicted molar refractivity (Wildman–Crippen MR) is 58.4 cm³/mol. The van der Waals surface area contributed by atoms with Crippen LogP contribution in [0.2, 0.25) is 5.02 Å². The summed E-state index contributed by atoms with van der Waals surface area (Å²) in [5, 5.41) is 5.20. The zero-order valence-corrected chi connectivity index (χ0v) is 9.29. The summed E-state index contributed by atoms with van der Waals surface area (Å²) < 4.78 is 5.85. The molecule has 0 atom stereocenters. The van der Waals surface area contributed by atoms with Gasteiger partial charge in [-0.2, -0.15) is 4.37 Å². The van der Waals surface area contributed by atoms with Crippen molar-refractivity contribution in [3.8, 4) is 5.13 Å². The predicted octanol–water partition coefficient (Wildman–Crippen LogP) is 1.84. The largest absolute Gasteiger partial charge is 0.381 e. The third-order valence-corrected chi connectivity index (χ3v) is 3.28. The summed E-state index contributed by atoms with van der Waals surface area (Å²) >= 11 is 7.13. The molecule has 7 heteroatoms. The number of hydrogen-bond donors (Lipinski definition) is 1. The van der Waals surface area contributed by atoms with Gasteiger partial charge < -0.3 is 5.73 Å². The molecule has 1 saturated carbocycles. The van der Waals surface area contributed by atoms with Crippen LogP contribution in [0.5, 0.6) is 0 Å². The van der Waals surface area contributed by atoms with E-state index in [2.05, 4.69) is 14.5 Å². The second-order valence-electron chi connectivity index (χ2n) is 3.52. The molecule has 15 heavy (non-hydrogen) atoms. The molecule has 0 saturated heterocycles. The smallest absolute Gasteiger partial charge is 0.230 e. The molecule has 3 rings (SSSR count). The number of nitrogens with zero attached hydrogens (tertiary/aromatic N) is 4. The highest BCUT2D eigenvalue weighted by atomic mass is 35.5. The van der Waals surface area contributed by atoms with Crippen LogP contribution in [-0.4, -0.2) is 19.1 Å². The maximum absolute atomic E-state index is 5.81. The van der Waals surface area contributed by atoms with Gasteiger partial charge in [0.2, 0.25) is 5.13 Å². The van der Waals surface area contributed by atoms with Crippen LogP contribution in [0.15, 0.2) is 6.20 Å². The Labute approximate surface area is 95.0 Å². The van der Waals surface area contributed by atoms with Crippen LogP contribution in [0.4, 0.5) is 5.82 Å². The Bertz CT molecular complexity index is 481. The lowest BCUT2D eigenvalue weighted by atomic mass is 10.4. The van der Waals surface area contributed by atoms with Crippen molar-refractivity contribution in [2.24, 2.45) is 0 Å². The van der Waals surface area contributed by atoms with Crippen LogP contribution in [0.3, 0.4) is 0 Å². The zero-order valence-electron chi connectivity index (χ0n) is 7.72. The Hall–Kier alpha value is -1.14. The number of rotatable bonds is 2. The topological polar surface area (TPSA) is 69.6 Å². The van der Waals surface area contributed by atoms with Crippen LogP contribution in [-0.2, 0) is 0 Å². The molecule has 0 unspecified atom stereocenters. The van der Waals surface area contributed by atoms with E-state index in [0.29, 0.717) is 16.8 Å². The fraction of sp³-hybridized carbons (Fsp3) is 0.375. The van der Waals surface area contributed by atoms with Gasteiger partial charge in [0.15, 0.2) is 5.82 Å². The van der Waals surface area contributed by atoms with Gasteiger partial charge in [0.1, 0.15) is 10.8 Å². The Morgan fingerprint density at radius 2 is 2.33 bits per heavy atom. The number of nitrogen functional groups attached to an aromatic ring is 1. The molecule has 1 aliphatic carbocycles. The second kappa shape index (κ2) is 3.18. The summed E-state index contributed by atoms with van der Waals surface area (Å²) in [7, 11) is 0. The molecule has 1 aliphatic rings. The van der Waals surface area contributed by atoms with Gasteiger partial charge in [-0.3, -0.25) is 0 Å². The maximum atomic E-state index is 5.81. The van der Waals surface area contributed by atoms with Crippen molar-refractivity contribution in [2.75, 3.05) is 5.73 Å². The summed E-state index contributed by atoms with van der Waals surface area (Å²) in [6, 6.07) is 0. The highest BCUT2D eigenvalue weighted by molar-refractivity contribution is 7.08. The molecule has 2 aromatic rings. The first-order chi connectivity index (χ1) is 7.24. The maximum Gasteiger partial charge on any atom is 0.230 e. The van der Waals surface area contributed by atoms with Crippen molar-refractivity contribution in [1.29, 1.82) is 0 Å². The fourth-order valence-electron chi connectivity index (χ4n) is 1.29. The van der Waals surface area contributed by atoms with E-state index in [1.54, 1.807) is 10.9 Å². The summed E-state index contributed by atoms with van der Waals surface area (Å²) in [4.78, 5) is 4.39. The normalized spacial score (nSPS) is 15.8. The number of aromatic nitrogens is 4. The van der Waals surface area contributed by atoms with Gasteiger partial charge in [-0.25, -0.2) is 9.67 Å². The molecule has 0 radical (unpaired) electrons. The highest BCUT2D eigenvalue weighted by Gasteiger charge is 2.28. The van der Waals surface area contributed by atoms with Gasteiger partial charge in [-0.05, 0) is 12.8 Å². The molecular weight excluding hydrogens is 234 g/mol. The third kappa shape index (κ3) is 1.59. The van der Waals surface area contributed by atoms with Crippen molar-refractivity contribution in [1.82, 2.24) is 19.1 Å². The monoisotopic (exact) mass is 241 g/mol. The minimum Gasteiger partial charge on any atom is -0.381 e. The molecule has 1 fully saturated rings. The molecule has 0 amide bonds. The minimum atomic E-state index is 0.319. The molecule has 2 heterocycles. The average molecular weight is 242 g/mol. The second-order valence-corrected chi connectivity index (χ2v) is 4.65. The van der Waals surface area contributed by atoms with Gasteiger partial charge in [0, 0.05) is 17.5 Å². The van der Waals surface area contributed by atoms with E-state index in [-0.39, 0.29) is 0 Å². The molecule has 2 N–H and O–H groups in total. The van der Waals surface area contributed by atoms with Gasteiger partial charge >= 0.3 is 0 Å². The lowest BCUT2D eigenvalue weighted by Crippen LogP contribution is -1.95. The van der Waals surface area contributed by atoms with Crippen LogP contribution < -0.4 is 5.73 Å². The first-order valence-electron chi connectivity index (χ1n) is 4.58. The van der Waals surface area contributed by atoms with E-state index >= 15 is 0 Å². The van der Waals surface area contributed by atoms with Gasteiger partial charge in [0.25, 0.3) is 0 Å². The quantitative estimate of drug-likeness (QED) is 0.871. The SMILES string of the molecule is Nc1nn(-c2nc(C3CC3)ns2)cc1Cl. The average Bonchev–Trinajstić information content (AvgIpc) is 2.85. The zero-order chi connectivity index (χ0) is 10.4. The highest BCUT2D eigenvalue weighted by Crippen LogP contribution is 2.39. The Balaban J connectivity index is 1.97. The summed E-state index contributed by atoms with van der Waals surface area (Å²) in [5.74, 6) is 1.79. The molecular formula is C8H8ClN5S. The molecule has 78 valence electrons. The number of hydrogen-bond acceptors (Lipinski definition) is 5. The molecule has 0 bridgehead atoms. The van der Waals surface area contributed by atoms with Crippen LogP contribution in [0.25, 0.3) is 5.13 Å². The number of nitrogens with two attached hydrogens (primary N) is 1. The number of halogens is 1. The van der Waals surface area contributed by atoms with E-state index in [4.69, 9.17) is 17.3 Å². The lowest BCUT2D eigenvalue weighted by Gasteiger charge is -1.90. The van der Waals surface area contributed by atoms with Crippen molar-refractivity contribution in [2.45, 2.75) is 18.8 Å². The van der Waals surface area contributed by atoms with E-state index in [1.807, 2.05) is 0 Å². The standard InChI is InChI=1S/C8H8ClN5S/c9-5-3-14(12-6(5)10)8-11-7(13-15-8)4-1-2-4/h3-4H,1-2H2,(H2,10,12). The van der Waals surface area contributed by atoms with Crippen molar-refractivity contribution in [3.63, 3.8) is 0 Å². The molecule has 0 spiro atoms. The van der Waals surface area contributed by atoms with E-state index in [1.165, 1.54) is 24.4 Å². The van der Waals surface area contributed by atoms with Gasteiger partial charge in [-0.15, -0.1) is 5.10 Å². The van der Waals surface area contributed by atoms with Crippen molar-refractivity contribution in [3.05, 3.63) is 17.0 Å². The molecule has 0 aliphatic heterocycles. The summed E-state index contributed by atoms with van der Waals surface area (Å²) in [5.41, 5.74) is 5.55. The van der Waals surface area contributed by atoms with Crippen LogP contribution in [0, 0.1) is 0 Å². The van der Waals surface area contributed by atoms with Gasteiger partial charge in [-0.1, -0.05) is 11.6 Å². The fourth-order valence-corrected chi connectivity index (χ4v) is 2.10. The molecule has 0 aromatic carbocycles. The van der Waals surface area contributed by atoms with Crippen LogP contribution in [0.1, 0.15) is 24.6 Å². The Morgan fingerprint density at radius 3 is 2.93 bits per heavy atom. The van der Waals surface area contributed by atoms with Gasteiger partial charge in [0.05, 0.1) is 6.20 Å². The molecule has 2 aromatic heterocycles. The summed E-state index contributed by atoms with van der Waals surface area (Å²) in [6.45, 7) is 0. The van der Waals surface area contributed by atoms with Crippen molar-refractivity contribution >= 4 is 29.0 Å². The van der Waals surface area contributed by atoms with E-state index in [9.17, 15) is 0 Å². The van der Waals surface area contributed by atoms with Crippen LogP contribution >= 0.6 is 23.1 Å². The van der Waals surface area contributed by atoms with E-state index < -0.39 is 0 Å². The lowest BCUT2D eigenvalue weighted by molar-refractivity contribution is 0.856. The summed E-state index contributed by atoms with van der Waals surface area (Å²) in [6.07, 6.45) is 4.03. The Kier molecular flexibility index (Phi) is 1.93. The first-order valence-corrected chi connectivity index (χ1v) is 5.74. The van der Waals surface area contributed by atoms with E-state index in [0.717, 1.165) is 11.0 Å². The minimum absolute atomic E-state index is 0.319. The third-order valence-electron chi connectivity index (χ3n) is 2.27. The van der Waals surface area contributed by atoms with Crippen molar-refractivity contribution < 1.29 is 0 Å². The number of anilines is 1. The first kappa shape index (κ1) is 9.11.